The Morgan fingerprint density at radius 1 is 1.07 bits per heavy atom. The Bertz CT molecular complexity index is 1150. The second-order valence-electron chi connectivity index (χ2n) is 6.62. The number of anilines is 1. The number of pyridine rings is 1. The van der Waals surface area contributed by atoms with Crippen LogP contribution in [0.1, 0.15) is 27.0 Å². The van der Waals surface area contributed by atoms with E-state index in [0.717, 1.165) is 39.0 Å². The predicted molar refractivity (Wildman–Crippen MR) is 106 cm³/mol. The molecule has 1 N–H and O–H groups in total. The van der Waals surface area contributed by atoms with Crippen molar-refractivity contribution in [2.24, 2.45) is 0 Å². The lowest BCUT2D eigenvalue weighted by molar-refractivity contribution is 0.102. The summed E-state index contributed by atoms with van der Waals surface area (Å²) in [4.78, 5) is 21.1. The highest BCUT2D eigenvalue weighted by molar-refractivity contribution is 6.04. The number of carbonyl (C=O) groups is 1. The smallest absolute Gasteiger partial charge is 0.257 e. The third-order valence-corrected chi connectivity index (χ3v) is 4.56. The van der Waals surface area contributed by atoms with Crippen molar-refractivity contribution in [3.05, 3.63) is 77.1 Å². The van der Waals surface area contributed by atoms with Crippen LogP contribution in [0.5, 0.6) is 0 Å². The second-order valence-corrected chi connectivity index (χ2v) is 6.62. The summed E-state index contributed by atoms with van der Waals surface area (Å²) in [7, 11) is 0. The Labute approximate surface area is 157 Å². The first-order valence-corrected chi connectivity index (χ1v) is 8.72. The highest BCUT2D eigenvalue weighted by Gasteiger charge is 2.15. The van der Waals surface area contributed by atoms with Gasteiger partial charge in [-0.25, -0.2) is 4.98 Å². The fourth-order valence-electron chi connectivity index (χ4n) is 3.19. The Morgan fingerprint density at radius 3 is 2.70 bits per heavy atom. The fourth-order valence-corrected chi connectivity index (χ4v) is 3.19. The molecular formula is C22H19N3O2. The highest BCUT2D eigenvalue weighted by Crippen LogP contribution is 2.32. The van der Waals surface area contributed by atoms with E-state index in [1.165, 1.54) is 0 Å². The molecular weight excluding hydrogens is 338 g/mol. The molecule has 2 aromatic carbocycles. The van der Waals surface area contributed by atoms with Gasteiger partial charge < -0.3 is 9.73 Å². The zero-order valence-electron chi connectivity index (χ0n) is 15.4. The third kappa shape index (κ3) is 3.19. The van der Waals surface area contributed by atoms with Gasteiger partial charge in [0.1, 0.15) is 5.52 Å². The maximum absolute atomic E-state index is 12.4. The zero-order valence-corrected chi connectivity index (χ0v) is 15.4. The van der Waals surface area contributed by atoms with Gasteiger partial charge in [-0.2, -0.15) is 0 Å². The van der Waals surface area contributed by atoms with Crippen LogP contribution in [-0.4, -0.2) is 15.9 Å². The van der Waals surface area contributed by atoms with Crippen LogP contribution < -0.4 is 5.32 Å². The number of rotatable bonds is 3. The van der Waals surface area contributed by atoms with E-state index >= 15 is 0 Å². The molecule has 0 aliphatic rings. The van der Waals surface area contributed by atoms with Gasteiger partial charge in [0.15, 0.2) is 5.58 Å². The summed E-state index contributed by atoms with van der Waals surface area (Å²) in [5, 5.41) is 2.94. The fraction of sp³-hybridized carbons (Fsp3) is 0.136. The lowest BCUT2D eigenvalue weighted by atomic mass is 10.1. The van der Waals surface area contributed by atoms with Crippen LogP contribution in [0.25, 0.3) is 22.6 Å². The van der Waals surface area contributed by atoms with Crippen molar-refractivity contribution in [1.29, 1.82) is 0 Å². The van der Waals surface area contributed by atoms with E-state index in [1.807, 2.05) is 45.0 Å². The maximum Gasteiger partial charge on any atom is 0.257 e. The van der Waals surface area contributed by atoms with Gasteiger partial charge in [0.2, 0.25) is 5.89 Å². The van der Waals surface area contributed by atoms with Crippen molar-refractivity contribution in [2.75, 3.05) is 5.32 Å². The summed E-state index contributed by atoms with van der Waals surface area (Å²) in [5.74, 6) is 0.348. The number of carbonyl (C=O) groups excluding carboxylic acids is 1. The predicted octanol–water partition coefficient (Wildman–Crippen LogP) is 5.07. The van der Waals surface area contributed by atoms with Crippen LogP contribution in [0, 0.1) is 20.8 Å². The van der Waals surface area contributed by atoms with Crippen LogP contribution in [0.4, 0.5) is 5.69 Å². The first kappa shape index (κ1) is 17.0. The lowest BCUT2D eigenvalue weighted by Crippen LogP contribution is -2.13. The average Bonchev–Trinajstić information content (AvgIpc) is 3.08. The van der Waals surface area contributed by atoms with Gasteiger partial charge in [-0.1, -0.05) is 12.1 Å². The van der Waals surface area contributed by atoms with Gasteiger partial charge in [0, 0.05) is 23.6 Å². The number of hydrogen-bond acceptors (Lipinski definition) is 4. The van der Waals surface area contributed by atoms with Crippen molar-refractivity contribution < 1.29 is 9.21 Å². The van der Waals surface area contributed by atoms with Gasteiger partial charge in [-0.05, 0) is 67.8 Å². The molecule has 0 saturated heterocycles. The molecule has 2 aromatic heterocycles. The monoisotopic (exact) mass is 357 g/mol. The molecule has 0 fully saturated rings. The molecule has 4 aromatic rings. The van der Waals surface area contributed by atoms with Crippen molar-refractivity contribution in [1.82, 2.24) is 9.97 Å². The first-order valence-electron chi connectivity index (χ1n) is 8.72. The second kappa shape index (κ2) is 6.68. The van der Waals surface area contributed by atoms with E-state index in [-0.39, 0.29) is 5.91 Å². The molecule has 5 heteroatoms. The molecule has 0 atom stereocenters. The molecule has 0 unspecified atom stereocenters. The van der Waals surface area contributed by atoms with Crippen molar-refractivity contribution >= 4 is 22.7 Å². The Balaban J connectivity index is 1.72. The van der Waals surface area contributed by atoms with Crippen molar-refractivity contribution in [3.63, 3.8) is 0 Å². The van der Waals surface area contributed by atoms with E-state index in [4.69, 9.17) is 4.42 Å². The number of fused-ring (bicyclic) bond motifs is 1. The number of nitrogens with one attached hydrogen (secondary N) is 1. The minimum absolute atomic E-state index is 0.201. The molecule has 0 aliphatic carbocycles. The number of benzene rings is 2. The van der Waals surface area contributed by atoms with Gasteiger partial charge in [-0.15, -0.1) is 0 Å². The summed E-state index contributed by atoms with van der Waals surface area (Å²) >= 11 is 0. The normalized spacial score (nSPS) is 10.9. The zero-order chi connectivity index (χ0) is 19.0. The molecule has 2 heterocycles. The molecule has 1 amide bonds. The number of amides is 1. The molecule has 0 saturated carbocycles. The van der Waals surface area contributed by atoms with E-state index in [1.54, 1.807) is 24.5 Å². The van der Waals surface area contributed by atoms with Gasteiger partial charge in [-0.3, -0.25) is 9.78 Å². The summed E-state index contributed by atoms with van der Waals surface area (Å²) in [6, 6.07) is 13.3. The van der Waals surface area contributed by atoms with E-state index in [2.05, 4.69) is 21.4 Å². The number of aryl methyl sites for hydroxylation is 2. The summed E-state index contributed by atoms with van der Waals surface area (Å²) in [5.41, 5.74) is 6.82. The highest BCUT2D eigenvalue weighted by atomic mass is 16.3. The molecule has 0 spiro atoms. The Hall–Kier alpha value is -3.47. The number of hydrogen-bond donors (Lipinski definition) is 1. The summed E-state index contributed by atoms with van der Waals surface area (Å²) in [6.45, 7) is 6.00. The number of aromatic nitrogens is 2. The minimum Gasteiger partial charge on any atom is -0.436 e. The van der Waals surface area contributed by atoms with Crippen LogP contribution in [0.15, 0.2) is 59.3 Å². The molecule has 134 valence electrons. The quantitative estimate of drug-likeness (QED) is 0.556. The molecule has 0 aliphatic heterocycles. The maximum atomic E-state index is 12.4. The molecule has 5 nitrogen and oxygen atoms in total. The number of oxazole rings is 1. The van der Waals surface area contributed by atoms with E-state index in [9.17, 15) is 4.79 Å². The largest absolute Gasteiger partial charge is 0.436 e. The van der Waals surface area contributed by atoms with Gasteiger partial charge in [0.05, 0.1) is 5.56 Å². The Kier molecular flexibility index (Phi) is 4.20. The van der Waals surface area contributed by atoms with Crippen LogP contribution in [-0.2, 0) is 0 Å². The summed E-state index contributed by atoms with van der Waals surface area (Å²) < 4.78 is 6.03. The van der Waals surface area contributed by atoms with Crippen molar-refractivity contribution in [3.8, 4) is 11.5 Å². The topological polar surface area (TPSA) is 68.0 Å². The Morgan fingerprint density at radius 2 is 1.93 bits per heavy atom. The van der Waals surface area contributed by atoms with E-state index < -0.39 is 0 Å². The third-order valence-electron chi connectivity index (χ3n) is 4.56. The van der Waals surface area contributed by atoms with Crippen molar-refractivity contribution in [2.45, 2.75) is 20.8 Å². The van der Waals surface area contributed by atoms with E-state index in [0.29, 0.717) is 11.5 Å². The minimum atomic E-state index is -0.201. The molecule has 0 radical (unpaired) electrons. The standard InChI is InChI=1S/C22H19N3O2/c1-13-10-14(2)20-19(11-13)25-22(27-20)17-7-4-8-18(15(17)3)24-21(26)16-6-5-9-23-12-16/h4-12H,1-3H3,(H,24,26). The lowest BCUT2D eigenvalue weighted by Gasteiger charge is -2.10. The van der Waals surface area contributed by atoms with Gasteiger partial charge in [0.25, 0.3) is 5.91 Å². The van der Waals surface area contributed by atoms with Crippen LogP contribution in [0.2, 0.25) is 0 Å². The SMILES string of the molecule is Cc1cc(C)c2oc(-c3cccc(NC(=O)c4cccnc4)c3C)nc2c1. The van der Waals surface area contributed by atoms with Crippen LogP contribution >= 0.6 is 0 Å². The molecule has 27 heavy (non-hydrogen) atoms. The summed E-state index contributed by atoms with van der Waals surface area (Å²) in [6.07, 6.45) is 3.18. The van der Waals surface area contributed by atoms with Crippen LogP contribution in [0.3, 0.4) is 0 Å². The van der Waals surface area contributed by atoms with Gasteiger partial charge >= 0.3 is 0 Å². The molecule has 4 rings (SSSR count). The first-order chi connectivity index (χ1) is 13.0. The molecule has 0 bridgehead atoms. The number of nitrogens with zero attached hydrogens (tertiary/aromatic N) is 2. The average molecular weight is 357 g/mol.